The van der Waals surface area contributed by atoms with Crippen LogP contribution >= 0.6 is 0 Å². The molecule has 0 bridgehead atoms. The van der Waals surface area contributed by atoms with Gasteiger partial charge in [0.2, 0.25) is 5.91 Å². The molecule has 18 heavy (non-hydrogen) atoms. The summed E-state index contributed by atoms with van der Waals surface area (Å²) in [7, 11) is 0. The van der Waals surface area contributed by atoms with Crippen LogP contribution < -0.4 is 11.1 Å². The van der Waals surface area contributed by atoms with Gasteiger partial charge in [0.1, 0.15) is 5.82 Å². The average molecular weight is 241 g/mol. The van der Waals surface area contributed by atoms with Gasteiger partial charge < -0.3 is 11.1 Å². The molecule has 1 aromatic carbocycles. The van der Waals surface area contributed by atoms with E-state index in [1.54, 1.807) is 18.3 Å². The van der Waals surface area contributed by atoms with Gasteiger partial charge in [-0.25, -0.2) is 4.98 Å². The van der Waals surface area contributed by atoms with Gasteiger partial charge in [0.15, 0.2) is 0 Å². The largest absolute Gasteiger partial charge is 0.370 e. The Morgan fingerprint density at radius 1 is 1.28 bits per heavy atom. The molecule has 3 N–H and O–H groups in total. The Bertz CT molecular complexity index is 549. The van der Waals surface area contributed by atoms with Gasteiger partial charge >= 0.3 is 0 Å². The molecule has 0 aliphatic heterocycles. The number of aromatic nitrogens is 1. The second kappa shape index (κ2) is 5.31. The summed E-state index contributed by atoms with van der Waals surface area (Å²) >= 11 is 0. The molecule has 1 amide bonds. The quantitative estimate of drug-likeness (QED) is 0.862. The molecule has 92 valence electrons. The minimum atomic E-state index is -0.422. The Hall–Kier alpha value is -2.36. The molecule has 4 heteroatoms. The van der Waals surface area contributed by atoms with Gasteiger partial charge in [-0.05, 0) is 36.8 Å². The van der Waals surface area contributed by atoms with Crippen LogP contribution in [0.15, 0.2) is 42.6 Å². The fourth-order valence-electron chi connectivity index (χ4n) is 1.70. The lowest BCUT2D eigenvalue weighted by Gasteiger charge is -2.05. The first-order valence-electron chi connectivity index (χ1n) is 5.81. The standard InChI is InChI=1S/C14H15N3O/c1-2-16-13-7-6-12(9-17-13)10-4-3-5-11(8-10)14(15)18/h3-9H,2H2,1H3,(H2,15,18)(H,16,17). The number of pyridine rings is 1. The predicted octanol–water partition coefficient (Wildman–Crippen LogP) is 2.28. The van der Waals surface area contributed by atoms with Gasteiger partial charge in [-0.3, -0.25) is 4.79 Å². The van der Waals surface area contributed by atoms with Crippen molar-refractivity contribution in [2.24, 2.45) is 5.73 Å². The molecule has 2 aromatic rings. The van der Waals surface area contributed by atoms with Crippen molar-refractivity contribution >= 4 is 11.7 Å². The van der Waals surface area contributed by atoms with Crippen molar-refractivity contribution in [3.63, 3.8) is 0 Å². The number of benzene rings is 1. The van der Waals surface area contributed by atoms with E-state index in [1.165, 1.54) is 0 Å². The monoisotopic (exact) mass is 241 g/mol. The van der Waals surface area contributed by atoms with E-state index in [4.69, 9.17) is 5.73 Å². The third-order valence-electron chi connectivity index (χ3n) is 2.60. The lowest BCUT2D eigenvalue weighted by Crippen LogP contribution is -2.10. The van der Waals surface area contributed by atoms with Crippen LogP contribution in [-0.2, 0) is 0 Å². The van der Waals surface area contributed by atoms with E-state index in [2.05, 4.69) is 10.3 Å². The summed E-state index contributed by atoms with van der Waals surface area (Å²) in [5, 5.41) is 3.13. The summed E-state index contributed by atoms with van der Waals surface area (Å²) in [4.78, 5) is 15.4. The Labute approximate surface area is 106 Å². The van der Waals surface area contributed by atoms with Crippen molar-refractivity contribution in [1.29, 1.82) is 0 Å². The normalized spacial score (nSPS) is 10.1. The van der Waals surface area contributed by atoms with E-state index in [1.807, 2.05) is 31.2 Å². The first-order chi connectivity index (χ1) is 8.70. The van der Waals surface area contributed by atoms with Crippen LogP contribution in [0.2, 0.25) is 0 Å². The molecule has 0 unspecified atom stereocenters. The number of carbonyl (C=O) groups excluding carboxylic acids is 1. The topological polar surface area (TPSA) is 68.0 Å². The third-order valence-corrected chi connectivity index (χ3v) is 2.60. The average Bonchev–Trinajstić information content (AvgIpc) is 2.40. The van der Waals surface area contributed by atoms with Crippen LogP contribution in [0.4, 0.5) is 5.82 Å². The summed E-state index contributed by atoms with van der Waals surface area (Å²) in [6.07, 6.45) is 1.78. The zero-order chi connectivity index (χ0) is 13.0. The molecule has 2 rings (SSSR count). The molecule has 0 saturated heterocycles. The number of nitrogens with two attached hydrogens (primary N) is 1. The maximum Gasteiger partial charge on any atom is 0.248 e. The van der Waals surface area contributed by atoms with Crippen LogP contribution in [0.25, 0.3) is 11.1 Å². The van der Waals surface area contributed by atoms with Crippen molar-refractivity contribution in [3.8, 4) is 11.1 Å². The van der Waals surface area contributed by atoms with E-state index < -0.39 is 5.91 Å². The van der Waals surface area contributed by atoms with Gasteiger partial charge in [-0.1, -0.05) is 12.1 Å². The Morgan fingerprint density at radius 2 is 2.11 bits per heavy atom. The van der Waals surface area contributed by atoms with Crippen molar-refractivity contribution in [3.05, 3.63) is 48.2 Å². The van der Waals surface area contributed by atoms with Crippen molar-refractivity contribution < 1.29 is 4.79 Å². The highest BCUT2D eigenvalue weighted by Crippen LogP contribution is 2.20. The van der Waals surface area contributed by atoms with Crippen LogP contribution in [0.5, 0.6) is 0 Å². The highest BCUT2D eigenvalue weighted by Gasteiger charge is 2.03. The first kappa shape index (κ1) is 12.1. The third kappa shape index (κ3) is 2.66. The van der Waals surface area contributed by atoms with E-state index in [9.17, 15) is 4.79 Å². The molecule has 0 spiro atoms. The van der Waals surface area contributed by atoms with Gasteiger partial charge in [-0.15, -0.1) is 0 Å². The summed E-state index contributed by atoms with van der Waals surface area (Å²) in [5.74, 6) is 0.418. The predicted molar refractivity (Wildman–Crippen MR) is 72.4 cm³/mol. The molecule has 4 nitrogen and oxygen atoms in total. The van der Waals surface area contributed by atoms with Gasteiger partial charge in [0.25, 0.3) is 0 Å². The second-order valence-electron chi connectivity index (χ2n) is 3.91. The number of nitrogens with zero attached hydrogens (tertiary/aromatic N) is 1. The number of primary amides is 1. The molecule has 0 saturated carbocycles. The first-order valence-corrected chi connectivity index (χ1v) is 5.81. The van der Waals surface area contributed by atoms with Gasteiger partial charge in [0, 0.05) is 23.9 Å². The highest BCUT2D eigenvalue weighted by atomic mass is 16.1. The van der Waals surface area contributed by atoms with E-state index in [-0.39, 0.29) is 0 Å². The number of hydrogen-bond acceptors (Lipinski definition) is 3. The van der Waals surface area contributed by atoms with Crippen molar-refractivity contribution in [1.82, 2.24) is 4.98 Å². The zero-order valence-corrected chi connectivity index (χ0v) is 10.2. The molecular formula is C14H15N3O. The number of rotatable bonds is 4. The number of anilines is 1. The summed E-state index contributed by atoms with van der Waals surface area (Å²) in [6, 6.07) is 11.1. The summed E-state index contributed by atoms with van der Waals surface area (Å²) in [6.45, 7) is 2.86. The lowest BCUT2D eigenvalue weighted by atomic mass is 10.0. The van der Waals surface area contributed by atoms with E-state index in [0.29, 0.717) is 5.56 Å². The fourth-order valence-corrected chi connectivity index (χ4v) is 1.70. The molecule has 1 heterocycles. The van der Waals surface area contributed by atoms with Gasteiger partial charge in [0.05, 0.1) is 0 Å². The lowest BCUT2D eigenvalue weighted by molar-refractivity contribution is 0.100. The molecule has 1 aromatic heterocycles. The van der Waals surface area contributed by atoms with Crippen LogP contribution in [0.3, 0.4) is 0 Å². The van der Waals surface area contributed by atoms with Crippen LogP contribution in [-0.4, -0.2) is 17.4 Å². The number of amides is 1. The van der Waals surface area contributed by atoms with Crippen LogP contribution in [0, 0.1) is 0 Å². The Morgan fingerprint density at radius 3 is 2.72 bits per heavy atom. The second-order valence-corrected chi connectivity index (χ2v) is 3.91. The van der Waals surface area contributed by atoms with Crippen molar-refractivity contribution in [2.75, 3.05) is 11.9 Å². The van der Waals surface area contributed by atoms with E-state index >= 15 is 0 Å². The highest BCUT2D eigenvalue weighted by molar-refractivity contribution is 5.94. The minimum absolute atomic E-state index is 0.422. The molecule has 0 radical (unpaired) electrons. The number of hydrogen-bond donors (Lipinski definition) is 2. The zero-order valence-electron chi connectivity index (χ0n) is 10.2. The molecular weight excluding hydrogens is 226 g/mol. The number of nitrogens with one attached hydrogen (secondary N) is 1. The Kier molecular flexibility index (Phi) is 3.57. The Balaban J connectivity index is 2.30. The van der Waals surface area contributed by atoms with E-state index in [0.717, 1.165) is 23.5 Å². The molecule has 0 atom stereocenters. The SMILES string of the molecule is CCNc1ccc(-c2cccc(C(N)=O)c2)cn1. The summed E-state index contributed by atoms with van der Waals surface area (Å²) < 4.78 is 0. The van der Waals surface area contributed by atoms with Crippen LogP contribution in [0.1, 0.15) is 17.3 Å². The smallest absolute Gasteiger partial charge is 0.248 e. The minimum Gasteiger partial charge on any atom is -0.370 e. The maximum absolute atomic E-state index is 11.1. The molecule has 0 aliphatic rings. The molecule has 0 fully saturated rings. The number of carbonyl (C=O) groups is 1. The molecule has 0 aliphatic carbocycles. The van der Waals surface area contributed by atoms with Crippen molar-refractivity contribution in [2.45, 2.75) is 6.92 Å². The maximum atomic E-state index is 11.1. The summed E-state index contributed by atoms with van der Waals surface area (Å²) in [5.41, 5.74) is 7.65. The fraction of sp³-hybridized carbons (Fsp3) is 0.143. The van der Waals surface area contributed by atoms with Gasteiger partial charge in [-0.2, -0.15) is 0 Å².